The molecule has 5 saturated carbocycles. The first-order chi connectivity index (χ1) is 13.1. The smallest absolute Gasteiger partial charge is 0.332 e. The highest BCUT2D eigenvalue weighted by molar-refractivity contribution is 5.85. The van der Waals surface area contributed by atoms with Crippen LogP contribution in [-0.2, 0) is 14.3 Å². The Labute approximate surface area is 167 Å². The van der Waals surface area contributed by atoms with E-state index < -0.39 is 30.2 Å². The predicted molar refractivity (Wildman–Crippen MR) is 104 cm³/mol. The first-order valence-corrected chi connectivity index (χ1v) is 10.7. The maximum Gasteiger partial charge on any atom is 0.332 e. The highest BCUT2D eigenvalue weighted by Gasteiger charge is 2.79. The Morgan fingerprint density at radius 1 is 1.36 bits per heavy atom. The number of Topliss-reactive ketones (excluding diaryl/α,β-unsaturated/α-hetero) is 1. The molecule has 5 fully saturated rings. The van der Waals surface area contributed by atoms with E-state index in [1.807, 2.05) is 6.92 Å². The van der Waals surface area contributed by atoms with E-state index in [1.165, 1.54) is 0 Å². The molecule has 5 nitrogen and oxygen atoms in total. The highest BCUT2D eigenvalue weighted by atomic mass is 16.6. The van der Waals surface area contributed by atoms with E-state index in [0.717, 1.165) is 12.8 Å². The van der Waals surface area contributed by atoms with Gasteiger partial charge in [0.15, 0.2) is 0 Å². The maximum absolute atomic E-state index is 12.9. The number of aliphatic hydroxyl groups is 2. The van der Waals surface area contributed by atoms with Gasteiger partial charge in [-0.2, -0.15) is 0 Å². The molecule has 0 amide bonds. The molecular weight excluding hydrogens is 356 g/mol. The van der Waals surface area contributed by atoms with Crippen molar-refractivity contribution in [3.05, 3.63) is 12.7 Å². The van der Waals surface area contributed by atoms with Crippen LogP contribution in [0, 0.1) is 45.8 Å². The maximum atomic E-state index is 12.9. The predicted octanol–water partition coefficient (Wildman–Crippen LogP) is 2.74. The van der Waals surface area contributed by atoms with Crippen molar-refractivity contribution in [3.63, 3.8) is 0 Å². The molecule has 1 spiro atoms. The molecule has 0 aromatic rings. The van der Waals surface area contributed by atoms with Crippen LogP contribution in [-0.4, -0.2) is 40.8 Å². The molecule has 0 aliphatic heterocycles. The summed E-state index contributed by atoms with van der Waals surface area (Å²) in [7, 11) is 0. The van der Waals surface area contributed by atoms with E-state index in [1.54, 1.807) is 6.08 Å². The number of ketones is 1. The summed E-state index contributed by atoms with van der Waals surface area (Å²) in [6, 6.07) is 0. The summed E-state index contributed by atoms with van der Waals surface area (Å²) in [4.78, 5) is 25.0. The molecule has 0 aromatic carbocycles. The summed E-state index contributed by atoms with van der Waals surface area (Å²) in [6.45, 7) is 11.9. The van der Waals surface area contributed by atoms with Crippen LogP contribution in [0.2, 0.25) is 0 Å². The van der Waals surface area contributed by atoms with Crippen molar-refractivity contribution in [1.82, 2.24) is 0 Å². The van der Waals surface area contributed by atoms with Crippen LogP contribution in [0.3, 0.4) is 0 Å². The average Bonchev–Trinajstić information content (AvgIpc) is 2.67. The zero-order chi connectivity index (χ0) is 20.6. The molecule has 28 heavy (non-hydrogen) atoms. The monoisotopic (exact) mass is 390 g/mol. The van der Waals surface area contributed by atoms with Gasteiger partial charge in [0.05, 0.1) is 6.10 Å². The second-order valence-electron chi connectivity index (χ2n) is 10.5. The lowest BCUT2D eigenvalue weighted by Gasteiger charge is -2.78. The standard InChI is InChI=1S/C23H34O5/c1-6-21(4)10-16(28-17(26)11-24)22(5)12(2)9-14-18-15(25)7-8-23(14,19(18)22)13(3)20(21)27/h6,12-14,16,18-20,24,27H,1,7-11H2,2-5H3/t12?,13-,14?,16+,18?,19?,20?,21+,22-,23?/m0/s1. The summed E-state index contributed by atoms with van der Waals surface area (Å²) >= 11 is 0. The zero-order valence-corrected chi connectivity index (χ0v) is 17.5. The second kappa shape index (κ2) is 6.15. The molecule has 0 saturated heterocycles. The fourth-order valence-electron chi connectivity index (χ4n) is 8.08. The van der Waals surface area contributed by atoms with Crippen molar-refractivity contribution < 1.29 is 24.5 Å². The van der Waals surface area contributed by atoms with Gasteiger partial charge in [-0.25, -0.2) is 4.79 Å². The molecule has 5 rings (SSSR count). The number of aliphatic hydroxyl groups excluding tert-OH is 2. The van der Waals surface area contributed by atoms with Crippen molar-refractivity contribution >= 4 is 11.8 Å². The van der Waals surface area contributed by atoms with Gasteiger partial charge in [0.2, 0.25) is 0 Å². The summed E-state index contributed by atoms with van der Waals surface area (Å²) in [5, 5.41) is 20.8. The van der Waals surface area contributed by atoms with Crippen LogP contribution in [0.5, 0.6) is 0 Å². The van der Waals surface area contributed by atoms with Gasteiger partial charge in [-0.05, 0) is 48.3 Å². The van der Waals surface area contributed by atoms with Gasteiger partial charge in [-0.15, -0.1) is 6.58 Å². The summed E-state index contributed by atoms with van der Waals surface area (Å²) in [6.07, 6.45) is 3.50. The van der Waals surface area contributed by atoms with Crippen LogP contribution in [0.25, 0.3) is 0 Å². The third kappa shape index (κ3) is 2.15. The van der Waals surface area contributed by atoms with E-state index in [4.69, 9.17) is 4.74 Å². The Morgan fingerprint density at radius 2 is 2.04 bits per heavy atom. The normalized spacial score (nSPS) is 54.8. The molecular formula is C23H34O5. The molecule has 0 radical (unpaired) electrons. The lowest BCUT2D eigenvalue weighted by atomic mass is 9.25. The van der Waals surface area contributed by atoms with E-state index in [9.17, 15) is 19.8 Å². The minimum atomic E-state index is -0.661. The van der Waals surface area contributed by atoms with Crippen molar-refractivity contribution in [2.45, 2.75) is 65.6 Å². The molecule has 5 bridgehead atoms. The molecule has 6 unspecified atom stereocenters. The molecule has 0 aromatic heterocycles. The van der Waals surface area contributed by atoms with Crippen molar-refractivity contribution in [2.24, 2.45) is 45.8 Å². The largest absolute Gasteiger partial charge is 0.460 e. The Morgan fingerprint density at radius 3 is 2.64 bits per heavy atom. The molecule has 5 aliphatic rings. The number of rotatable bonds is 3. The molecule has 0 heterocycles. The average molecular weight is 391 g/mol. The van der Waals surface area contributed by atoms with Gasteiger partial charge < -0.3 is 14.9 Å². The Hall–Kier alpha value is -1.20. The van der Waals surface area contributed by atoms with Crippen molar-refractivity contribution in [1.29, 1.82) is 0 Å². The topological polar surface area (TPSA) is 83.8 Å². The molecule has 5 aliphatic carbocycles. The van der Waals surface area contributed by atoms with Gasteiger partial charge in [0, 0.05) is 23.2 Å². The third-order valence-electron chi connectivity index (χ3n) is 9.76. The zero-order valence-electron chi connectivity index (χ0n) is 17.5. The number of hydrogen-bond acceptors (Lipinski definition) is 5. The summed E-state index contributed by atoms with van der Waals surface area (Å²) in [5.74, 6) is 0.504. The molecule has 10 atom stereocenters. The van der Waals surface area contributed by atoms with E-state index in [0.29, 0.717) is 30.5 Å². The third-order valence-corrected chi connectivity index (χ3v) is 9.76. The van der Waals surface area contributed by atoms with Gasteiger partial charge in [0.1, 0.15) is 18.5 Å². The number of fused-ring (bicyclic) bond motifs is 1. The lowest BCUT2D eigenvalue weighted by Crippen LogP contribution is -2.78. The molecule has 5 heteroatoms. The molecule has 156 valence electrons. The van der Waals surface area contributed by atoms with Gasteiger partial charge in [-0.3, -0.25) is 4.79 Å². The fraction of sp³-hybridized carbons (Fsp3) is 0.826. The summed E-state index contributed by atoms with van der Waals surface area (Å²) in [5.41, 5.74) is -1.05. The SMILES string of the molecule is C=C[C@]1(C)C[C@@H](OC(=O)CO)[C@]2(C)C(C)CC3C4C(=O)CCC3(C42)[C@@H](C)C1O. The number of esters is 1. The second-order valence-corrected chi connectivity index (χ2v) is 10.5. The lowest BCUT2D eigenvalue weighted by molar-refractivity contribution is -0.322. The fourth-order valence-corrected chi connectivity index (χ4v) is 8.08. The van der Waals surface area contributed by atoms with Crippen molar-refractivity contribution in [2.75, 3.05) is 6.61 Å². The Balaban J connectivity index is 1.89. The minimum Gasteiger partial charge on any atom is -0.460 e. The van der Waals surface area contributed by atoms with Crippen LogP contribution >= 0.6 is 0 Å². The highest BCUT2D eigenvalue weighted by Crippen LogP contribution is 2.79. The molecule has 2 N–H and O–H groups in total. The van der Waals surface area contributed by atoms with Gasteiger partial charge in [0.25, 0.3) is 0 Å². The van der Waals surface area contributed by atoms with Gasteiger partial charge >= 0.3 is 5.97 Å². The van der Waals surface area contributed by atoms with Crippen LogP contribution < -0.4 is 0 Å². The minimum absolute atomic E-state index is 0.0213. The van der Waals surface area contributed by atoms with E-state index in [-0.39, 0.29) is 28.6 Å². The van der Waals surface area contributed by atoms with Gasteiger partial charge in [-0.1, -0.05) is 33.8 Å². The summed E-state index contributed by atoms with van der Waals surface area (Å²) < 4.78 is 5.85. The van der Waals surface area contributed by atoms with Crippen molar-refractivity contribution in [3.8, 4) is 0 Å². The first-order valence-electron chi connectivity index (χ1n) is 10.7. The Bertz CT molecular complexity index is 718. The number of ether oxygens (including phenoxy) is 1. The Kier molecular flexibility index (Phi) is 4.41. The number of hydrogen-bond donors (Lipinski definition) is 2. The van der Waals surface area contributed by atoms with Crippen LogP contribution in [0.15, 0.2) is 12.7 Å². The van der Waals surface area contributed by atoms with Crippen LogP contribution in [0.4, 0.5) is 0 Å². The first kappa shape index (κ1) is 20.1. The quantitative estimate of drug-likeness (QED) is 0.572. The van der Waals surface area contributed by atoms with E-state index in [2.05, 4.69) is 27.4 Å². The van der Waals surface area contributed by atoms with E-state index >= 15 is 0 Å². The van der Waals surface area contributed by atoms with Crippen LogP contribution in [0.1, 0.15) is 53.4 Å². The number of carbonyl (C=O) groups is 2. The number of carbonyl (C=O) groups excluding carboxylic acids is 2.